The Kier molecular flexibility index (Phi) is 3.46. The minimum Gasteiger partial charge on any atom is -0.288 e. The summed E-state index contributed by atoms with van der Waals surface area (Å²) in [5.41, 5.74) is 0.803. The molecule has 1 heterocycles. The Morgan fingerprint density at radius 2 is 1.94 bits per heavy atom. The number of ketones is 1. The minimum atomic E-state index is 0.128. The van der Waals surface area contributed by atoms with Crippen molar-refractivity contribution in [3.8, 4) is 0 Å². The van der Waals surface area contributed by atoms with Gasteiger partial charge in [-0.05, 0) is 37.4 Å². The number of carbonyl (C=O) groups is 1. The molecule has 16 heavy (non-hydrogen) atoms. The van der Waals surface area contributed by atoms with E-state index in [2.05, 4.69) is 0 Å². The molecule has 0 saturated heterocycles. The van der Waals surface area contributed by atoms with Crippen molar-refractivity contribution in [3.63, 3.8) is 0 Å². The van der Waals surface area contributed by atoms with Crippen molar-refractivity contribution < 1.29 is 4.79 Å². The maximum Gasteiger partial charge on any atom is 0.204 e. The van der Waals surface area contributed by atoms with Crippen molar-refractivity contribution in [2.45, 2.75) is 11.8 Å². The summed E-state index contributed by atoms with van der Waals surface area (Å²) in [7, 11) is 0. The van der Waals surface area contributed by atoms with Crippen LogP contribution < -0.4 is 0 Å². The number of thiophene rings is 1. The van der Waals surface area contributed by atoms with Crippen LogP contribution in [0.5, 0.6) is 0 Å². The molecule has 2 aromatic rings. The molecule has 0 radical (unpaired) electrons. The standard InChI is InChI=1S/C13H12OS2/c1-9-7-8-12(16-9)13(14)10-5-3-4-6-11(10)15-2/h3-8H,1-2H3. The lowest BCUT2D eigenvalue weighted by molar-refractivity contribution is 0.104. The van der Waals surface area contributed by atoms with Gasteiger partial charge in [-0.15, -0.1) is 23.1 Å². The zero-order valence-corrected chi connectivity index (χ0v) is 10.8. The summed E-state index contributed by atoms with van der Waals surface area (Å²) < 4.78 is 0. The molecule has 0 amide bonds. The molecule has 0 saturated carbocycles. The molecule has 3 heteroatoms. The second-order valence-electron chi connectivity index (χ2n) is 3.44. The number of hydrogen-bond donors (Lipinski definition) is 0. The molecule has 0 fully saturated rings. The molecule has 0 aliphatic carbocycles. The van der Waals surface area contributed by atoms with Crippen LogP contribution in [0.2, 0.25) is 0 Å². The quantitative estimate of drug-likeness (QED) is 0.603. The molecular formula is C13H12OS2. The molecule has 0 N–H and O–H groups in total. The Hall–Kier alpha value is -1.06. The molecule has 0 bridgehead atoms. The van der Waals surface area contributed by atoms with Gasteiger partial charge in [-0.3, -0.25) is 4.79 Å². The number of aryl methyl sites for hydroxylation is 1. The number of benzene rings is 1. The zero-order valence-electron chi connectivity index (χ0n) is 9.19. The predicted molar refractivity (Wildman–Crippen MR) is 70.7 cm³/mol. The van der Waals surface area contributed by atoms with Crippen LogP contribution >= 0.6 is 23.1 Å². The molecule has 82 valence electrons. The van der Waals surface area contributed by atoms with Crippen molar-refractivity contribution in [1.29, 1.82) is 0 Å². The van der Waals surface area contributed by atoms with Crippen molar-refractivity contribution in [2.75, 3.05) is 6.26 Å². The highest BCUT2D eigenvalue weighted by Crippen LogP contribution is 2.25. The van der Waals surface area contributed by atoms with Gasteiger partial charge in [-0.25, -0.2) is 0 Å². The third kappa shape index (κ3) is 2.20. The maximum absolute atomic E-state index is 12.2. The lowest BCUT2D eigenvalue weighted by Gasteiger charge is -2.03. The molecule has 1 aromatic carbocycles. The topological polar surface area (TPSA) is 17.1 Å². The van der Waals surface area contributed by atoms with Crippen LogP contribution in [0.15, 0.2) is 41.3 Å². The van der Waals surface area contributed by atoms with Crippen molar-refractivity contribution in [1.82, 2.24) is 0 Å². The van der Waals surface area contributed by atoms with Crippen LogP contribution in [0.3, 0.4) is 0 Å². The summed E-state index contributed by atoms with van der Waals surface area (Å²) in [5, 5.41) is 0. The van der Waals surface area contributed by atoms with Gasteiger partial charge in [0.25, 0.3) is 0 Å². The van der Waals surface area contributed by atoms with Crippen molar-refractivity contribution >= 4 is 28.9 Å². The number of rotatable bonds is 3. The minimum absolute atomic E-state index is 0.128. The SMILES string of the molecule is CSc1ccccc1C(=O)c1ccc(C)s1. The van der Waals surface area contributed by atoms with Gasteiger partial charge < -0.3 is 0 Å². The predicted octanol–water partition coefficient (Wildman–Crippen LogP) is 4.01. The average Bonchev–Trinajstić information content (AvgIpc) is 2.75. The van der Waals surface area contributed by atoms with Gasteiger partial charge in [0.1, 0.15) is 0 Å². The van der Waals surface area contributed by atoms with Crippen LogP contribution in [0, 0.1) is 6.92 Å². The van der Waals surface area contributed by atoms with Crippen LogP contribution in [0.25, 0.3) is 0 Å². The molecule has 0 atom stereocenters. The Morgan fingerprint density at radius 1 is 1.19 bits per heavy atom. The number of carbonyl (C=O) groups excluding carboxylic acids is 1. The maximum atomic E-state index is 12.2. The fraction of sp³-hybridized carbons (Fsp3) is 0.154. The van der Waals surface area contributed by atoms with E-state index in [1.165, 1.54) is 4.88 Å². The van der Waals surface area contributed by atoms with Gasteiger partial charge in [0.05, 0.1) is 4.88 Å². The Bertz CT molecular complexity index is 514. The van der Waals surface area contributed by atoms with Crippen molar-refractivity contribution in [3.05, 3.63) is 51.7 Å². The first-order valence-electron chi connectivity index (χ1n) is 4.96. The Labute approximate surface area is 104 Å². The number of hydrogen-bond acceptors (Lipinski definition) is 3. The highest BCUT2D eigenvalue weighted by molar-refractivity contribution is 7.98. The largest absolute Gasteiger partial charge is 0.288 e. The second kappa shape index (κ2) is 4.85. The third-order valence-electron chi connectivity index (χ3n) is 2.32. The molecule has 0 spiro atoms. The summed E-state index contributed by atoms with van der Waals surface area (Å²) in [6.07, 6.45) is 1.99. The van der Waals surface area contributed by atoms with Crippen LogP contribution in [-0.2, 0) is 0 Å². The molecule has 0 aliphatic heterocycles. The summed E-state index contributed by atoms with van der Waals surface area (Å²) in [6, 6.07) is 11.6. The molecule has 0 unspecified atom stereocenters. The molecule has 1 nitrogen and oxygen atoms in total. The van der Waals surface area contributed by atoms with E-state index in [1.807, 2.05) is 49.6 Å². The van der Waals surface area contributed by atoms with Crippen LogP contribution in [-0.4, -0.2) is 12.0 Å². The highest BCUT2D eigenvalue weighted by atomic mass is 32.2. The van der Waals surface area contributed by atoms with Gasteiger partial charge in [0.15, 0.2) is 0 Å². The van der Waals surface area contributed by atoms with E-state index in [0.29, 0.717) is 0 Å². The zero-order chi connectivity index (χ0) is 11.5. The van der Waals surface area contributed by atoms with Crippen LogP contribution in [0.4, 0.5) is 0 Å². The molecule has 1 aromatic heterocycles. The first-order chi connectivity index (χ1) is 7.72. The van der Waals surface area contributed by atoms with Gasteiger partial charge in [0.2, 0.25) is 5.78 Å². The molecule has 2 rings (SSSR count). The van der Waals surface area contributed by atoms with Gasteiger partial charge in [0, 0.05) is 15.3 Å². The van der Waals surface area contributed by atoms with Gasteiger partial charge >= 0.3 is 0 Å². The van der Waals surface area contributed by atoms with E-state index < -0.39 is 0 Å². The Morgan fingerprint density at radius 3 is 2.56 bits per heavy atom. The molecular weight excluding hydrogens is 236 g/mol. The van der Waals surface area contributed by atoms with E-state index in [1.54, 1.807) is 23.1 Å². The van der Waals surface area contributed by atoms with E-state index in [-0.39, 0.29) is 5.78 Å². The fourth-order valence-corrected chi connectivity index (χ4v) is 2.94. The van der Waals surface area contributed by atoms with Crippen molar-refractivity contribution in [2.24, 2.45) is 0 Å². The lowest BCUT2D eigenvalue weighted by Crippen LogP contribution is -2.00. The third-order valence-corrected chi connectivity index (χ3v) is 4.11. The van der Waals surface area contributed by atoms with E-state index in [4.69, 9.17) is 0 Å². The highest BCUT2D eigenvalue weighted by Gasteiger charge is 2.14. The summed E-state index contributed by atoms with van der Waals surface area (Å²) in [6.45, 7) is 2.02. The van der Waals surface area contributed by atoms with Gasteiger partial charge in [-0.1, -0.05) is 12.1 Å². The lowest BCUT2D eigenvalue weighted by atomic mass is 10.1. The summed E-state index contributed by atoms with van der Waals surface area (Å²) >= 11 is 3.16. The first-order valence-corrected chi connectivity index (χ1v) is 7.00. The van der Waals surface area contributed by atoms with Crippen LogP contribution in [0.1, 0.15) is 20.1 Å². The smallest absolute Gasteiger partial charge is 0.204 e. The summed E-state index contributed by atoms with van der Waals surface area (Å²) in [5.74, 6) is 0.128. The average molecular weight is 248 g/mol. The monoisotopic (exact) mass is 248 g/mol. The second-order valence-corrected chi connectivity index (χ2v) is 5.58. The van der Waals surface area contributed by atoms with E-state index >= 15 is 0 Å². The normalized spacial score (nSPS) is 10.4. The summed E-state index contributed by atoms with van der Waals surface area (Å²) in [4.78, 5) is 15.3. The first kappa shape index (κ1) is 11.4. The fourth-order valence-electron chi connectivity index (χ4n) is 1.52. The Balaban J connectivity index is 2.41. The number of thioether (sulfide) groups is 1. The van der Waals surface area contributed by atoms with E-state index in [0.717, 1.165) is 15.3 Å². The van der Waals surface area contributed by atoms with E-state index in [9.17, 15) is 4.79 Å². The van der Waals surface area contributed by atoms with Gasteiger partial charge in [-0.2, -0.15) is 0 Å². The molecule has 0 aliphatic rings.